The Hall–Kier alpha value is -0.670. The molecule has 1 fully saturated rings. The van der Waals surface area contributed by atoms with Crippen molar-refractivity contribution in [2.45, 2.75) is 55.7 Å². The van der Waals surface area contributed by atoms with E-state index in [9.17, 15) is 4.21 Å². The van der Waals surface area contributed by atoms with Gasteiger partial charge in [0.1, 0.15) is 0 Å². The Balaban J connectivity index is 2.07. The fourth-order valence-electron chi connectivity index (χ4n) is 2.78. The maximum atomic E-state index is 12.7. The van der Waals surface area contributed by atoms with Crippen molar-refractivity contribution in [2.75, 3.05) is 6.54 Å². The van der Waals surface area contributed by atoms with Crippen LogP contribution in [0.15, 0.2) is 29.2 Å². The molecule has 0 bridgehead atoms. The summed E-state index contributed by atoms with van der Waals surface area (Å²) in [6.07, 6.45) is 4.58. The molecule has 0 heterocycles. The van der Waals surface area contributed by atoms with Crippen LogP contribution in [0.2, 0.25) is 0 Å². The van der Waals surface area contributed by atoms with Gasteiger partial charge in [0, 0.05) is 16.2 Å². The highest BCUT2D eigenvalue weighted by molar-refractivity contribution is 7.85. The number of rotatable bonds is 4. The predicted octanol–water partition coefficient (Wildman–Crippen LogP) is 3.02. The molecule has 0 amide bonds. The van der Waals surface area contributed by atoms with Gasteiger partial charge in [0.25, 0.3) is 0 Å². The van der Waals surface area contributed by atoms with Crippen LogP contribution in [0.4, 0.5) is 0 Å². The molecule has 3 atom stereocenters. The zero-order valence-corrected chi connectivity index (χ0v) is 12.1. The summed E-state index contributed by atoms with van der Waals surface area (Å²) in [5.74, 6) is 0. The SMILES string of the molecule is CCNC1CCCC(S(=O)c2ccccc2C)C1. The topological polar surface area (TPSA) is 29.1 Å². The zero-order valence-electron chi connectivity index (χ0n) is 11.3. The van der Waals surface area contributed by atoms with E-state index in [0.29, 0.717) is 11.3 Å². The molecule has 3 heteroatoms. The van der Waals surface area contributed by atoms with Crippen molar-refractivity contribution < 1.29 is 4.21 Å². The summed E-state index contributed by atoms with van der Waals surface area (Å²) in [6.45, 7) is 5.20. The van der Waals surface area contributed by atoms with Gasteiger partial charge in [-0.15, -0.1) is 0 Å². The molecule has 2 rings (SSSR count). The van der Waals surface area contributed by atoms with Crippen LogP contribution in [0, 0.1) is 6.92 Å². The molecule has 1 saturated carbocycles. The molecular weight excluding hydrogens is 242 g/mol. The monoisotopic (exact) mass is 265 g/mol. The minimum atomic E-state index is -0.846. The molecule has 18 heavy (non-hydrogen) atoms. The second-order valence-electron chi connectivity index (χ2n) is 5.11. The number of hydrogen-bond donors (Lipinski definition) is 1. The van der Waals surface area contributed by atoms with E-state index >= 15 is 0 Å². The van der Waals surface area contributed by atoms with Crippen molar-refractivity contribution in [3.8, 4) is 0 Å². The highest BCUT2D eigenvalue weighted by Crippen LogP contribution is 2.27. The summed E-state index contributed by atoms with van der Waals surface area (Å²) in [6, 6.07) is 8.63. The van der Waals surface area contributed by atoms with Crippen LogP contribution in [0.1, 0.15) is 38.2 Å². The predicted molar refractivity (Wildman–Crippen MR) is 77.3 cm³/mol. The van der Waals surface area contributed by atoms with Crippen molar-refractivity contribution in [1.29, 1.82) is 0 Å². The van der Waals surface area contributed by atoms with Gasteiger partial charge < -0.3 is 5.32 Å². The van der Waals surface area contributed by atoms with Gasteiger partial charge in [0.15, 0.2) is 0 Å². The third-order valence-corrected chi connectivity index (χ3v) is 5.66. The van der Waals surface area contributed by atoms with Crippen LogP contribution in [0.3, 0.4) is 0 Å². The van der Waals surface area contributed by atoms with Gasteiger partial charge in [-0.25, -0.2) is 0 Å². The summed E-state index contributed by atoms with van der Waals surface area (Å²) >= 11 is 0. The van der Waals surface area contributed by atoms with Gasteiger partial charge in [0.2, 0.25) is 0 Å². The molecule has 0 aromatic heterocycles. The van der Waals surface area contributed by atoms with Crippen molar-refractivity contribution >= 4 is 10.8 Å². The van der Waals surface area contributed by atoms with Crippen molar-refractivity contribution in [1.82, 2.24) is 5.32 Å². The van der Waals surface area contributed by atoms with E-state index in [4.69, 9.17) is 0 Å². The number of benzene rings is 1. The molecule has 1 N–H and O–H groups in total. The highest BCUT2D eigenvalue weighted by atomic mass is 32.2. The quantitative estimate of drug-likeness (QED) is 0.906. The van der Waals surface area contributed by atoms with Crippen LogP contribution in [-0.2, 0) is 10.8 Å². The van der Waals surface area contributed by atoms with E-state index in [1.165, 1.54) is 12.8 Å². The second-order valence-corrected chi connectivity index (χ2v) is 6.81. The molecule has 0 radical (unpaired) electrons. The summed E-state index contributed by atoms with van der Waals surface area (Å²) < 4.78 is 12.7. The first-order valence-corrected chi connectivity index (χ1v) is 8.13. The molecule has 0 spiro atoms. The molecular formula is C15H23NOS. The normalized spacial score (nSPS) is 25.9. The fourth-order valence-corrected chi connectivity index (χ4v) is 4.52. The summed E-state index contributed by atoms with van der Waals surface area (Å²) in [5.41, 5.74) is 1.15. The van der Waals surface area contributed by atoms with E-state index in [2.05, 4.69) is 25.2 Å². The largest absolute Gasteiger partial charge is 0.314 e. The highest BCUT2D eigenvalue weighted by Gasteiger charge is 2.27. The first-order chi connectivity index (χ1) is 8.72. The third-order valence-electron chi connectivity index (χ3n) is 3.73. The Labute approximate surface area is 113 Å². The summed E-state index contributed by atoms with van der Waals surface area (Å²) in [7, 11) is -0.846. The first-order valence-electron chi connectivity index (χ1n) is 6.92. The Morgan fingerprint density at radius 2 is 2.11 bits per heavy atom. The van der Waals surface area contributed by atoms with E-state index in [1.807, 2.05) is 18.2 Å². The maximum absolute atomic E-state index is 12.7. The van der Waals surface area contributed by atoms with E-state index in [0.717, 1.165) is 29.8 Å². The summed E-state index contributed by atoms with van der Waals surface area (Å²) in [4.78, 5) is 1.03. The molecule has 1 aliphatic carbocycles. The van der Waals surface area contributed by atoms with Crippen LogP contribution >= 0.6 is 0 Å². The molecule has 3 unspecified atom stereocenters. The molecule has 0 saturated heterocycles. The Kier molecular flexibility index (Phi) is 4.95. The van der Waals surface area contributed by atoms with Gasteiger partial charge in [-0.1, -0.05) is 31.5 Å². The molecule has 1 aromatic rings. The van der Waals surface area contributed by atoms with Crippen molar-refractivity contribution in [2.24, 2.45) is 0 Å². The molecule has 2 nitrogen and oxygen atoms in total. The lowest BCUT2D eigenvalue weighted by Gasteiger charge is -2.29. The zero-order chi connectivity index (χ0) is 13.0. The van der Waals surface area contributed by atoms with E-state index in [-0.39, 0.29) is 0 Å². The number of hydrogen-bond acceptors (Lipinski definition) is 2. The molecule has 0 aliphatic heterocycles. The maximum Gasteiger partial charge on any atom is 0.0564 e. The van der Waals surface area contributed by atoms with Gasteiger partial charge in [-0.3, -0.25) is 4.21 Å². The van der Waals surface area contributed by atoms with Gasteiger partial charge in [-0.2, -0.15) is 0 Å². The lowest BCUT2D eigenvalue weighted by molar-refractivity contribution is 0.383. The summed E-state index contributed by atoms with van der Waals surface area (Å²) in [5, 5.41) is 3.82. The minimum Gasteiger partial charge on any atom is -0.314 e. The lowest BCUT2D eigenvalue weighted by atomic mass is 9.95. The fraction of sp³-hybridized carbons (Fsp3) is 0.600. The van der Waals surface area contributed by atoms with Crippen LogP contribution in [0.25, 0.3) is 0 Å². The molecule has 1 aromatic carbocycles. The third kappa shape index (κ3) is 3.21. The second kappa shape index (κ2) is 6.48. The van der Waals surface area contributed by atoms with Crippen molar-refractivity contribution in [3.63, 3.8) is 0 Å². The minimum absolute atomic E-state index is 0.323. The molecule has 1 aliphatic rings. The van der Waals surface area contributed by atoms with Gasteiger partial charge in [0.05, 0.1) is 10.8 Å². The Bertz CT molecular complexity index is 417. The number of aryl methyl sites for hydroxylation is 1. The van der Waals surface area contributed by atoms with Crippen LogP contribution < -0.4 is 5.32 Å². The Morgan fingerprint density at radius 3 is 2.83 bits per heavy atom. The smallest absolute Gasteiger partial charge is 0.0564 e. The van der Waals surface area contributed by atoms with E-state index < -0.39 is 10.8 Å². The average Bonchev–Trinajstić information content (AvgIpc) is 2.39. The van der Waals surface area contributed by atoms with Crippen molar-refractivity contribution in [3.05, 3.63) is 29.8 Å². The standard InChI is InChI=1S/C15H23NOS/c1-3-16-13-8-6-9-14(11-13)18(17)15-10-5-4-7-12(15)2/h4-5,7,10,13-14,16H,3,6,8-9,11H2,1-2H3. The van der Waals surface area contributed by atoms with Crippen LogP contribution in [0.5, 0.6) is 0 Å². The molecule has 100 valence electrons. The van der Waals surface area contributed by atoms with E-state index in [1.54, 1.807) is 0 Å². The number of nitrogens with one attached hydrogen (secondary N) is 1. The lowest BCUT2D eigenvalue weighted by Crippen LogP contribution is -2.37. The van der Waals surface area contributed by atoms with Crippen LogP contribution in [-0.4, -0.2) is 22.0 Å². The van der Waals surface area contributed by atoms with Gasteiger partial charge in [-0.05, 0) is 44.4 Å². The Morgan fingerprint density at radius 1 is 1.33 bits per heavy atom. The average molecular weight is 265 g/mol. The first kappa shape index (κ1) is 13.8. The van der Waals surface area contributed by atoms with Gasteiger partial charge >= 0.3 is 0 Å².